The summed E-state index contributed by atoms with van der Waals surface area (Å²) in [5, 5.41) is 2.93. The Labute approximate surface area is 110 Å². The molecule has 0 aromatic heterocycles. The van der Waals surface area contributed by atoms with E-state index >= 15 is 0 Å². The molecule has 18 heavy (non-hydrogen) atoms. The number of carbonyl (C=O) groups is 1. The van der Waals surface area contributed by atoms with Crippen molar-refractivity contribution >= 4 is 5.91 Å². The summed E-state index contributed by atoms with van der Waals surface area (Å²) >= 11 is 0. The highest BCUT2D eigenvalue weighted by molar-refractivity contribution is 5.76. The Morgan fingerprint density at radius 2 is 1.94 bits per heavy atom. The second kappa shape index (κ2) is 7.75. The zero-order chi connectivity index (χ0) is 13.4. The number of benzene rings is 1. The van der Waals surface area contributed by atoms with Crippen LogP contribution in [0.1, 0.15) is 32.8 Å². The number of hydrogen-bond acceptors (Lipinski definition) is 2. The third-order valence-corrected chi connectivity index (χ3v) is 2.56. The van der Waals surface area contributed by atoms with Crippen LogP contribution in [-0.2, 0) is 11.2 Å². The zero-order valence-corrected chi connectivity index (χ0v) is 11.5. The summed E-state index contributed by atoms with van der Waals surface area (Å²) in [5.74, 6) is 1.44. The van der Waals surface area contributed by atoms with E-state index in [0.29, 0.717) is 25.5 Å². The molecule has 3 nitrogen and oxygen atoms in total. The molecule has 1 rings (SSSR count). The van der Waals surface area contributed by atoms with Crippen molar-refractivity contribution < 1.29 is 9.53 Å². The van der Waals surface area contributed by atoms with Crippen LogP contribution in [0.2, 0.25) is 0 Å². The van der Waals surface area contributed by atoms with Crippen molar-refractivity contribution in [1.29, 1.82) is 0 Å². The quantitative estimate of drug-likeness (QED) is 0.807. The molecule has 0 aliphatic heterocycles. The second-order valence-electron chi connectivity index (χ2n) is 4.77. The van der Waals surface area contributed by atoms with Gasteiger partial charge in [0.2, 0.25) is 5.91 Å². The number of amides is 1. The van der Waals surface area contributed by atoms with Gasteiger partial charge in [-0.1, -0.05) is 26.0 Å². The van der Waals surface area contributed by atoms with Gasteiger partial charge in [0.15, 0.2) is 0 Å². The molecule has 0 unspecified atom stereocenters. The molecule has 1 amide bonds. The fourth-order valence-electron chi connectivity index (χ4n) is 1.71. The highest BCUT2D eigenvalue weighted by atomic mass is 16.5. The summed E-state index contributed by atoms with van der Waals surface area (Å²) in [5.41, 5.74) is 1.21. The molecular weight excluding hydrogens is 226 g/mol. The molecular formula is C15H23NO2. The molecule has 1 N–H and O–H groups in total. The zero-order valence-electron chi connectivity index (χ0n) is 11.5. The Hall–Kier alpha value is -1.51. The summed E-state index contributed by atoms with van der Waals surface area (Å²) in [6.07, 6.45) is 1.46. The Morgan fingerprint density at radius 1 is 1.28 bits per heavy atom. The van der Waals surface area contributed by atoms with Crippen LogP contribution in [0.5, 0.6) is 5.75 Å². The van der Waals surface area contributed by atoms with Gasteiger partial charge in [-0.3, -0.25) is 4.79 Å². The van der Waals surface area contributed by atoms with Crippen LogP contribution in [0.15, 0.2) is 24.3 Å². The molecule has 0 heterocycles. The summed E-state index contributed by atoms with van der Waals surface area (Å²) in [7, 11) is 0. The lowest BCUT2D eigenvalue weighted by Crippen LogP contribution is -2.26. The van der Waals surface area contributed by atoms with Crippen LogP contribution in [0.3, 0.4) is 0 Å². The molecule has 0 atom stereocenters. The molecule has 100 valence electrons. The van der Waals surface area contributed by atoms with E-state index in [1.165, 1.54) is 5.56 Å². The molecule has 0 aliphatic rings. The molecule has 0 fully saturated rings. The van der Waals surface area contributed by atoms with Crippen molar-refractivity contribution in [1.82, 2.24) is 5.32 Å². The van der Waals surface area contributed by atoms with E-state index in [2.05, 4.69) is 5.32 Å². The van der Waals surface area contributed by atoms with Crippen molar-refractivity contribution in [3.05, 3.63) is 29.8 Å². The molecule has 1 aromatic carbocycles. The van der Waals surface area contributed by atoms with Gasteiger partial charge in [0.05, 0.1) is 6.61 Å². The molecule has 0 saturated heterocycles. The van der Waals surface area contributed by atoms with E-state index in [1.54, 1.807) is 0 Å². The van der Waals surface area contributed by atoms with E-state index in [9.17, 15) is 4.79 Å². The van der Waals surface area contributed by atoms with Crippen molar-refractivity contribution in [2.24, 2.45) is 5.92 Å². The third-order valence-electron chi connectivity index (χ3n) is 2.56. The highest BCUT2D eigenvalue weighted by Gasteiger charge is 2.03. The first-order chi connectivity index (χ1) is 8.61. The maximum atomic E-state index is 11.5. The van der Waals surface area contributed by atoms with E-state index in [1.807, 2.05) is 45.0 Å². The van der Waals surface area contributed by atoms with E-state index in [-0.39, 0.29) is 5.91 Å². The number of rotatable bonds is 7. The normalized spacial score (nSPS) is 10.4. The summed E-state index contributed by atoms with van der Waals surface area (Å²) in [6, 6.07) is 8.02. The molecule has 0 aliphatic carbocycles. The van der Waals surface area contributed by atoms with Crippen molar-refractivity contribution in [3.63, 3.8) is 0 Å². The first-order valence-electron chi connectivity index (χ1n) is 6.60. The van der Waals surface area contributed by atoms with Gasteiger partial charge >= 0.3 is 0 Å². The Bertz CT molecular complexity index is 357. The van der Waals surface area contributed by atoms with Crippen LogP contribution >= 0.6 is 0 Å². The first kappa shape index (κ1) is 14.6. The summed E-state index contributed by atoms with van der Waals surface area (Å²) in [6.45, 7) is 7.44. The van der Waals surface area contributed by atoms with Crippen LogP contribution in [0.4, 0.5) is 0 Å². The van der Waals surface area contributed by atoms with Crippen LogP contribution in [0.25, 0.3) is 0 Å². The highest BCUT2D eigenvalue weighted by Crippen LogP contribution is 2.12. The lowest BCUT2D eigenvalue weighted by Gasteiger charge is -2.08. The Morgan fingerprint density at radius 3 is 2.50 bits per heavy atom. The lowest BCUT2D eigenvalue weighted by atomic mass is 10.1. The minimum atomic E-state index is 0.135. The van der Waals surface area contributed by atoms with Gasteiger partial charge in [0, 0.05) is 13.0 Å². The standard InChI is InChI=1S/C15H23NO2/c1-4-18-14-7-5-13(6-8-14)9-10-16-15(17)11-12(2)3/h5-8,12H,4,9-11H2,1-3H3,(H,16,17). The van der Waals surface area contributed by atoms with Crippen LogP contribution in [0, 0.1) is 5.92 Å². The average Bonchev–Trinajstić information content (AvgIpc) is 2.31. The molecule has 0 radical (unpaired) electrons. The fourth-order valence-corrected chi connectivity index (χ4v) is 1.71. The third kappa shape index (κ3) is 5.71. The molecule has 3 heteroatoms. The van der Waals surface area contributed by atoms with Gasteiger partial charge in [-0.25, -0.2) is 0 Å². The minimum Gasteiger partial charge on any atom is -0.494 e. The number of carbonyl (C=O) groups excluding carboxylic acids is 1. The molecule has 1 aromatic rings. The SMILES string of the molecule is CCOc1ccc(CCNC(=O)CC(C)C)cc1. The van der Waals surface area contributed by atoms with Gasteiger partial charge in [-0.05, 0) is 37.0 Å². The number of ether oxygens (including phenoxy) is 1. The Kier molecular flexibility index (Phi) is 6.26. The smallest absolute Gasteiger partial charge is 0.220 e. The number of nitrogens with one attached hydrogen (secondary N) is 1. The molecule has 0 saturated carbocycles. The maximum absolute atomic E-state index is 11.5. The van der Waals surface area contributed by atoms with E-state index < -0.39 is 0 Å². The van der Waals surface area contributed by atoms with E-state index in [4.69, 9.17) is 4.74 Å². The largest absolute Gasteiger partial charge is 0.494 e. The van der Waals surface area contributed by atoms with Gasteiger partial charge in [-0.2, -0.15) is 0 Å². The van der Waals surface area contributed by atoms with Crippen LogP contribution in [-0.4, -0.2) is 19.1 Å². The maximum Gasteiger partial charge on any atom is 0.220 e. The first-order valence-corrected chi connectivity index (χ1v) is 6.60. The predicted molar refractivity (Wildman–Crippen MR) is 73.8 cm³/mol. The van der Waals surface area contributed by atoms with E-state index in [0.717, 1.165) is 12.2 Å². The molecule has 0 bridgehead atoms. The van der Waals surface area contributed by atoms with Crippen molar-refractivity contribution in [3.8, 4) is 5.75 Å². The summed E-state index contributed by atoms with van der Waals surface area (Å²) in [4.78, 5) is 11.5. The average molecular weight is 249 g/mol. The minimum absolute atomic E-state index is 0.135. The second-order valence-corrected chi connectivity index (χ2v) is 4.77. The van der Waals surface area contributed by atoms with Crippen molar-refractivity contribution in [2.45, 2.75) is 33.6 Å². The van der Waals surface area contributed by atoms with Gasteiger partial charge in [0.25, 0.3) is 0 Å². The molecule has 0 spiro atoms. The fraction of sp³-hybridized carbons (Fsp3) is 0.533. The predicted octanol–water partition coefficient (Wildman–Crippen LogP) is 2.79. The Balaban J connectivity index is 2.28. The summed E-state index contributed by atoms with van der Waals surface area (Å²) < 4.78 is 5.38. The van der Waals surface area contributed by atoms with Crippen molar-refractivity contribution in [2.75, 3.05) is 13.2 Å². The number of hydrogen-bond donors (Lipinski definition) is 1. The monoisotopic (exact) mass is 249 g/mol. The lowest BCUT2D eigenvalue weighted by molar-refractivity contribution is -0.121. The van der Waals surface area contributed by atoms with Crippen LogP contribution < -0.4 is 10.1 Å². The van der Waals surface area contributed by atoms with Gasteiger partial charge in [0.1, 0.15) is 5.75 Å². The van der Waals surface area contributed by atoms with Gasteiger partial charge in [-0.15, -0.1) is 0 Å². The topological polar surface area (TPSA) is 38.3 Å². The van der Waals surface area contributed by atoms with Gasteiger partial charge < -0.3 is 10.1 Å².